The second-order valence-corrected chi connectivity index (χ2v) is 6.78. The van der Waals surface area contributed by atoms with E-state index in [9.17, 15) is 10.1 Å². The molecule has 144 valence electrons. The van der Waals surface area contributed by atoms with E-state index in [1.165, 1.54) is 0 Å². The lowest BCUT2D eigenvalue weighted by molar-refractivity contribution is 0.0981. The number of nitrogens with one attached hydrogen (secondary N) is 1. The van der Waals surface area contributed by atoms with Crippen LogP contribution in [0.3, 0.4) is 0 Å². The van der Waals surface area contributed by atoms with E-state index >= 15 is 0 Å². The van der Waals surface area contributed by atoms with E-state index < -0.39 is 0 Å². The van der Waals surface area contributed by atoms with Gasteiger partial charge in [0.15, 0.2) is 5.78 Å². The summed E-state index contributed by atoms with van der Waals surface area (Å²) in [6, 6.07) is 12.9. The highest BCUT2D eigenvalue weighted by Gasteiger charge is 2.18. The van der Waals surface area contributed by atoms with Gasteiger partial charge in [0.05, 0.1) is 28.6 Å². The molecule has 1 aliphatic rings. The number of carbonyl (C=O) groups excluding carboxylic acids is 1. The number of benzene rings is 1. The number of ketones is 1. The highest BCUT2D eigenvalue weighted by Crippen LogP contribution is 2.25. The minimum Gasteiger partial charge on any atom is -0.487 e. The molecule has 2 aromatic heterocycles. The fraction of sp³-hybridized carbons (Fsp3) is 0.227. The van der Waals surface area contributed by atoms with E-state index in [4.69, 9.17) is 4.74 Å². The molecular weight excluding hydrogens is 366 g/mol. The number of fused-ring (bicyclic) bond motifs is 1. The summed E-state index contributed by atoms with van der Waals surface area (Å²) >= 11 is 0. The molecular formula is C22H19N5O2. The van der Waals surface area contributed by atoms with Crippen molar-refractivity contribution in [1.82, 2.24) is 15.0 Å². The Bertz CT molecular complexity index is 1080. The zero-order chi connectivity index (χ0) is 20.1. The first-order valence-electron chi connectivity index (χ1n) is 9.45. The molecule has 29 heavy (non-hydrogen) atoms. The van der Waals surface area contributed by atoms with Crippen LogP contribution in [0.1, 0.15) is 46.6 Å². The van der Waals surface area contributed by atoms with Crippen LogP contribution in [0.2, 0.25) is 0 Å². The molecule has 0 fully saturated rings. The smallest absolute Gasteiger partial charge is 0.227 e. The monoisotopic (exact) mass is 385 g/mol. The van der Waals surface area contributed by atoms with Crippen LogP contribution in [0.4, 0.5) is 11.6 Å². The van der Waals surface area contributed by atoms with Gasteiger partial charge >= 0.3 is 0 Å². The van der Waals surface area contributed by atoms with Gasteiger partial charge in [-0.2, -0.15) is 5.26 Å². The van der Waals surface area contributed by atoms with Gasteiger partial charge in [0.1, 0.15) is 12.4 Å². The fourth-order valence-corrected chi connectivity index (χ4v) is 3.20. The Labute approximate surface area is 168 Å². The average Bonchev–Trinajstić information content (AvgIpc) is 2.94. The van der Waals surface area contributed by atoms with Gasteiger partial charge in [-0.1, -0.05) is 6.07 Å². The van der Waals surface area contributed by atoms with E-state index in [0.717, 1.165) is 30.7 Å². The number of anilines is 2. The number of nitriles is 1. The van der Waals surface area contributed by atoms with Gasteiger partial charge < -0.3 is 10.1 Å². The third-order valence-electron chi connectivity index (χ3n) is 4.64. The first-order chi connectivity index (χ1) is 14.2. The molecule has 0 bridgehead atoms. The highest BCUT2D eigenvalue weighted by atomic mass is 16.5. The van der Waals surface area contributed by atoms with Gasteiger partial charge in [-0.15, -0.1) is 0 Å². The lowest BCUT2D eigenvalue weighted by Gasteiger charge is -2.11. The fourth-order valence-electron chi connectivity index (χ4n) is 3.20. The van der Waals surface area contributed by atoms with Crippen LogP contribution in [-0.2, 0) is 13.0 Å². The van der Waals surface area contributed by atoms with E-state index in [-0.39, 0.29) is 5.78 Å². The van der Waals surface area contributed by atoms with Crippen molar-refractivity contribution in [3.8, 4) is 11.8 Å². The third-order valence-corrected chi connectivity index (χ3v) is 4.64. The molecule has 0 amide bonds. The van der Waals surface area contributed by atoms with E-state index in [1.807, 2.05) is 18.2 Å². The van der Waals surface area contributed by atoms with Gasteiger partial charge in [-0.25, -0.2) is 9.97 Å². The molecule has 7 heteroatoms. The zero-order valence-corrected chi connectivity index (χ0v) is 15.8. The number of aromatic nitrogens is 3. The Morgan fingerprint density at radius 3 is 2.86 bits per heavy atom. The molecule has 1 N–H and O–H groups in total. The van der Waals surface area contributed by atoms with Gasteiger partial charge in [0, 0.05) is 30.6 Å². The number of aryl methyl sites for hydroxylation is 1. The molecule has 1 aliphatic carbocycles. The number of rotatable bonds is 5. The number of nitrogens with zero attached hydrogens (tertiary/aromatic N) is 4. The summed E-state index contributed by atoms with van der Waals surface area (Å²) in [5.74, 6) is 1.03. The molecule has 3 aromatic rings. The van der Waals surface area contributed by atoms with Crippen LogP contribution in [0.5, 0.6) is 5.75 Å². The van der Waals surface area contributed by atoms with E-state index in [1.54, 1.807) is 30.6 Å². The van der Waals surface area contributed by atoms with Crippen LogP contribution < -0.4 is 10.1 Å². The lowest BCUT2D eigenvalue weighted by atomic mass is 10.1. The maximum Gasteiger partial charge on any atom is 0.227 e. The van der Waals surface area contributed by atoms with Crippen LogP contribution in [0.25, 0.3) is 0 Å². The van der Waals surface area contributed by atoms with Crippen LogP contribution in [0.15, 0.2) is 48.8 Å². The molecule has 7 nitrogen and oxygen atoms in total. The molecule has 0 spiro atoms. The van der Waals surface area contributed by atoms with Crippen LogP contribution in [0, 0.1) is 11.3 Å². The highest BCUT2D eigenvalue weighted by molar-refractivity contribution is 5.97. The number of carbonyl (C=O) groups is 1. The second kappa shape index (κ2) is 8.48. The molecule has 2 heterocycles. The summed E-state index contributed by atoms with van der Waals surface area (Å²) in [5.41, 5.74) is 3.27. The Morgan fingerprint density at radius 1 is 1.14 bits per heavy atom. The summed E-state index contributed by atoms with van der Waals surface area (Å²) in [7, 11) is 0. The molecule has 0 saturated carbocycles. The van der Waals surface area contributed by atoms with Crippen molar-refractivity contribution in [2.45, 2.75) is 32.3 Å². The second-order valence-electron chi connectivity index (χ2n) is 6.78. The molecule has 0 unspecified atom stereocenters. The number of pyridine rings is 1. The van der Waals surface area contributed by atoms with Crippen molar-refractivity contribution in [2.24, 2.45) is 0 Å². The Kier molecular flexibility index (Phi) is 5.43. The minimum absolute atomic E-state index is 0.0979. The van der Waals surface area contributed by atoms with Crippen molar-refractivity contribution in [2.75, 3.05) is 5.32 Å². The molecule has 4 rings (SSSR count). The quantitative estimate of drug-likeness (QED) is 0.663. The van der Waals surface area contributed by atoms with Gasteiger partial charge in [0.2, 0.25) is 5.95 Å². The normalized spacial score (nSPS) is 13.1. The van der Waals surface area contributed by atoms with Gasteiger partial charge in [-0.05, 0) is 43.5 Å². The van der Waals surface area contributed by atoms with Crippen molar-refractivity contribution in [3.63, 3.8) is 0 Å². The third kappa shape index (κ3) is 4.55. The lowest BCUT2D eigenvalue weighted by Crippen LogP contribution is -2.07. The number of hydrogen-bond donors (Lipinski definition) is 1. The largest absolute Gasteiger partial charge is 0.487 e. The van der Waals surface area contributed by atoms with E-state index in [2.05, 4.69) is 26.3 Å². The summed E-state index contributed by atoms with van der Waals surface area (Å²) in [4.78, 5) is 25.2. The van der Waals surface area contributed by atoms with E-state index in [0.29, 0.717) is 41.5 Å². The molecule has 0 aliphatic heterocycles. The van der Waals surface area contributed by atoms with Crippen molar-refractivity contribution in [1.29, 1.82) is 5.26 Å². The summed E-state index contributed by atoms with van der Waals surface area (Å²) in [6.07, 6.45) is 6.41. The average molecular weight is 385 g/mol. The van der Waals surface area contributed by atoms with Crippen molar-refractivity contribution in [3.05, 3.63) is 71.3 Å². The zero-order valence-electron chi connectivity index (χ0n) is 15.8. The summed E-state index contributed by atoms with van der Waals surface area (Å²) in [6.45, 7) is 0.298. The predicted molar refractivity (Wildman–Crippen MR) is 107 cm³/mol. The topological polar surface area (TPSA) is 101 Å². The molecule has 0 saturated heterocycles. The van der Waals surface area contributed by atoms with Crippen LogP contribution >= 0.6 is 0 Å². The number of Topliss-reactive ketones (excluding diaryl/α,β-unsaturated/α-hetero) is 1. The van der Waals surface area contributed by atoms with Crippen molar-refractivity contribution >= 4 is 17.4 Å². The minimum atomic E-state index is 0.0979. The number of hydrogen-bond acceptors (Lipinski definition) is 7. The Morgan fingerprint density at radius 2 is 2.03 bits per heavy atom. The maximum atomic E-state index is 12.1. The van der Waals surface area contributed by atoms with Crippen LogP contribution in [-0.4, -0.2) is 20.7 Å². The molecule has 0 radical (unpaired) electrons. The number of ether oxygens (including phenoxy) is 1. The first kappa shape index (κ1) is 18.6. The maximum absolute atomic E-state index is 12.1. The summed E-state index contributed by atoms with van der Waals surface area (Å²) < 4.78 is 5.79. The summed E-state index contributed by atoms with van der Waals surface area (Å²) in [5, 5.41) is 12.5. The molecule has 1 aromatic carbocycles. The van der Waals surface area contributed by atoms with Gasteiger partial charge in [-0.3, -0.25) is 9.78 Å². The Balaban J connectivity index is 1.54. The first-order valence-corrected chi connectivity index (χ1v) is 9.45. The predicted octanol–water partition coefficient (Wildman–Crippen LogP) is 3.97. The van der Waals surface area contributed by atoms with Crippen molar-refractivity contribution < 1.29 is 9.53 Å². The standard InChI is InChI=1S/C22H19N5O2/c23-12-15-9-17(11-18(10-15)29-14-16-5-3-4-8-24-16)26-22-25-13-19-20(27-22)6-1-2-7-21(19)28/h3-5,8-11,13H,1-2,6-7,14H2,(H,25,26,27). The Hall–Kier alpha value is -3.79. The van der Waals surface area contributed by atoms with Gasteiger partial charge in [0.25, 0.3) is 0 Å². The molecule has 0 atom stereocenters. The SMILES string of the molecule is N#Cc1cc(Nc2ncc3c(n2)CCCCC3=O)cc(OCc2ccccn2)c1.